The molecule has 0 unspecified atom stereocenters. The summed E-state index contributed by atoms with van der Waals surface area (Å²) >= 11 is 0. The van der Waals surface area contributed by atoms with Crippen LogP contribution in [0, 0.1) is 0 Å². The Morgan fingerprint density at radius 1 is 1.25 bits per heavy atom. The van der Waals surface area contributed by atoms with Crippen LogP contribution in [0.25, 0.3) is 0 Å². The van der Waals surface area contributed by atoms with Crippen LogP contribution in [0.3, 0.4) is 0 Å². The van der Waals surface area contributed by atoms with E-state index in [2.05, 4.69) is 15.4 Å². The predicted molar refractivity (Wildman–Crippen MR) is 50.1 cm³/mol. The molecular formula is C8H10N4O4. The first-order chi connectivity index (χ1) is 7.70. The molecule has 86 valence electrons. The summed E-state index contributed by atoms with van der Waals surface area (Å²) in [6.07, 6.45) is 0. The molecule has 8 heteroatoms. The number of carboxylic acids is 1. The van der Waals surface area contributed by atoms with Crippen molar-refractivity contribution in [3.63, 3.8) is 0 Å². The smallest absolute Gasteiger partial charge is 0.358 e. The Hall–Kier alpha value is -1.96. The van der Waals surface area contributed by atoms with E-state index in [9.17, 15) is 9.59 Å². The number of morpholine rings is 1. The number of aromatic carboxylic acids is 1. The third-order valence-corrected chi connectivity index (χ3v) is 2.25. The van der Waals surface area contributed by atoms with E-state index in [0.29, 0.717) is 26.3 Å². The van der Waals surface area contributed by atoms with Crippen LogP contribution < -0.4 is 0 Å². The number of nitrogens with zero attached hydrogens (tertiary/aromatic N) is 3. The van der Waals surface area contributed by atoms with Crippen molar-refractivity contribution in [3.05, 3.63) is 11.4 Å². The van der Waals surface area contributed by atoms with Crippen LogP contribution in [0.1, 0.15) is 21.0 Å². The summed E-state index contributed by atoms with van der Waals surface area (Å²) in [5.41, 5.74) is -0.508. The van der Waals surface area contributed by atoms with Crippen molar-refractivity contribution in [2.24, 2.45) is 0 Å². The first kappa shape index (κ1) is 10.6. The maximum Gasteiger partial charge on any atom is 0.358 e. The number of nitrogens with one attached hydrogen (secondary N) is 1. The number of rotatable bonds is 2. The van der Waals surface area contributed by atoms with Crippen molar-refractivity contribution in [2.45, 2.75) is 0 Å². The Bertz CT molecular complexity index is 410. The van der Waals surface area contributed by atoms with Crippen LogP contribution in [-0.2, 0) is 4.74 Å². The highest BCUT2D eigenvalue weighted by molar-refractivity contribution is 6.01. The van der Waals surface area contributed by atoms with Gasteiger partial charge < -0.3 is 14.7 Å². The molecule has 1 aromatic rings. The fourth-order valence-electron chi connectivity index (χ4n) is 1.45. The number of aromatic nitrogens is 3. The van der Waals surface area contributed by atoms with Gasteiger partial charge in [0.05, 0.1) is 13.2 Å². The molecule has 0 radical (unpaired) electrons. The van der Waals surface area contributed by atoms with E-state index in [1.54, 1.807) is 0 Å². The molecule has 8 nitrogen and oxygen atoms in total. The van der Waals surface area contributed by atoms with Gasteiger partial charge in [0, 0.05) is 13.1 Å². The molecule has 0 spiro atoms. The van der Waals surface area contributed by atoms with E-state index < -0.39 is 11.9 Å². The first-order valence-corrected chi connectivity index (χ1v) is 4.71. The van der Waals surface area contributed by atoms with E-state index >= 15 is 0 Å². The molecule has 2 heterocycles. The third-order valence-electron chi connectivity index (χ3n) is 2.25. The quantitative estimate of drug-likeness (QED) is 0.667. The second-order valence-electron chi connectivity index (χ2n) is 3.23. The molecule has 1 amide bonds. The molecule has 2 N–H and O–H groups in total. The molecule has 2 rings (SSSR count). The van der Waals surface area contributed by atoms with Crippen molar-refractivity contribution in [1.29, 1.82) is 0 Å². The van der Waals surface area contributed by atoms with Gasteiger partial charge in [-0.15, -0.1) is 10.2 Å². The average Bonchev–Trinajstić information content (AvgIpc) is 2.78. The molecule has 1 saturated heterocycles. The summed E-state index contributed by atoms with van der Waals surface area (Å²) in [6.45, 7) is 1.77. The highest BCUT2D eigenvalue weighted by Gasteiger charge is 2.27. The largest absolute Gasteiger partial charge is 0.476 e. The molecule has 1 fully saturated rings. The Morgan fingerprint density at radius 2 is 1.88 bits per heavy atom. The number of carbonyl (C=O) groups is 2. The summed E-state index contributed by atoms with van der Waals surface area (Å²) in [5.74, 6) is -1.71. The summed E-state index contributed by atoms with van der Waals surface area (Å²) in [5, 5.41) is 17.9. The highest BCUT2D eigenvalue weighted by atomic mass is 16.5. The minimum Gasteiger partial charge on any atom is -0.476 e. The lowest BCUT2D eigenvalue weighted by Crippen LogP contribution is -2.41. The number of hydrogen-bond donors (Lipinski definition) is 2. The van der Waals surface area contributed by atoms with E-state index in [-0.39, 0.29) is 11.4 Å². The van der Waals surface area contributed by atoms with Crippen molar-refractivity contribution in [2.75, 3.05) is 26.3 Å². The molecule has 1 aromatic heterocycles. The second-order valence-corrected chi connectivity index (χ2v) is 3.23. The van der Waals surface area contributed by atoms with E-state index in [0.717, 1.165) is 0 Å². The standard InChI is InChI=1S/C8H10N4O4/c13-7(12-1-3-16-4-2-12)5-6(8(14)15)10-11-9-5/h1-4H2,(H,14,15)(H,9,10,11). The van der Waals surface area contributed by atoms with Gasteiger partial charge in [0.15, 0.2) is 5.69 Å². The number of hydrogen-bond acceptors (Lipinski definition) is 5. The zero-order chi connectivity index (χ0) is 11.5. The van der Waals surface area contributed by atoms with Crippen LogP contribution >= 0.6 is 0 Å². The van der Waals surface area contributed by atoms with Gasteiger partial charge >= 0.3 is 5.97 Å². The molecule has 0 aromatic carbocycles. The maximum atomic E-state index is 11.9. The van der Waals surface area contributed by atoms with E-state index in [1.807, 2.05) is 0 Å². The van der Waals surface area contributed by atoms with Gasteiger partial charge in [-0.2, -0.15) is 5.21 Å². The second kappa shape index (κ2) is 4.27. The lowest BCUT2D eigenvalue weighted by Gasteiger charge is -2.25. The van der Waals surface area contributed by atoms with Crippen LogP contribution in [0.15, 0.2) is 0 Å². The van der Waals surface area contributed by atoms with Crippen LogP contribution in [-0.4, -0.2) is 63.6 Å². The molecule has 1 aliphatic rings. The van der Waals surface area contributed by atoms with Gasteiger partial charge in [0.2, 0.25) is 5.69 Å². The fraction of sp³-hybridized carbons (Fsp3) is 0.500. The Morgan fingerprint density at radius 3 is 2.50 bits per heavy atom. The normalized spacial score (nSPS) is 16.1. The minimum absolute atomic E-state index is 0.158. The molecule has 0 saturated carbocycles. The van der Waals surface area contributed by atoms with Crippen molar-refractivity contribution in [1.82, 2.24) is 20.3 Å². The van der Waals surface area contributed by atoms with Gasteiger partial charge in [-0.05, 0) is 0 Å². The van der Waals surface area contributed by atoms with Crippen LogP contribution in [0.2, 0.25) is 0 Å². The summed E-state index contributed by atoms with van der Waals surface area (Å²) < 4.78 is 5.09. The number of H-pyrrole nitrogens is 1. The van der Waals surface area contributed by atoms with Gasteiger partial charge in [-0.1, -0.05) is 0 Å². The molecule has 0 atom stereocenters. The maximum absolute atomic E-state index is 11.9. The number of amides is 1. The van der Waals surface area contributed by atoms with Crippen molar-refractivity contribution >= 4 is 11.9 Å². The Balaban J connectivity index is 2.19. The van der Waals surface area contributed by atoms with Gasteiger partial charge in [0.1, 0.15) is 0 Å². The van der Waals surface area contributed by atoms with Gasteiger partial charge in [0.25, 0.3) is 5.91 Å². The van der Waals surface area contributed by atoms with Gasteiger partial charge in [-0.25, -0.2) is 4.79 Å². The molecule has 0 aliphatic carbocycles. The van der Waals surface area contributed by atoms with Crippen LogP contribution in [0.5, 0.6) is 0 Å². The zero-order valence-corrected chi connectivity index (χ0v) is 8.34. The summed E-state index contributed by atoms with van der Waals surface area (Å²) in [4.78, 5) is 24.1. The lowest BCUT2D eigenvalue weighted by molar-refractivity contribution is 0.0296. The fourth-order valence-corrected chi connectivity index (χ4v) is 1.45. The summed E-state index contributed by atoms with van der Waals surface area (Å²) in [6, 6.07) is 0. The zero-order valence-electron chi connectivity index (χ0n) is 8.34. The highest BCUT2D eigenvalue weighted by Crippen LogP contribution is 2.07. The average molecular weight is 226 g/mol. The van der Waals surface area contributed by atoms with Crippen molar-refractivity contribution in [3.8, 4) is 0 Å². The van der Waals surface area contributed by atoms with Crippen LogP contribution in [0.4, 0.5) is 0 Å². The van der Waals surface area contributed by atoms with Crippen molar-refractivity contribution < 1.29 is 19.4 Å². The predicted octanol–water partition coefficient (Wildman–Crippen LogP) is -1.02. The lowest BCUT2D eigenvalue weighted by atomic mass is 10.2. The number of carboxylic acid groups (broad SMARTS) is 1. The topological polar surface area (TPSA) is 108 Å². The first-order valence-electron chi connectivity index (χ1n) is 4.71. The third kappa shape index (κ3) is 1.87. The number of carbonyl (C=O) groups excluding carboxylic acids is 1. The molecule has 1 aliphatic heterocycles. The summed E-state index contributed by atoms with van der Waals surface area (Å²) in [7, 11) is 0. The molecule has 0 bridgehead atoms. The molecule has 16 heavy (non-hydrogen) atoms. The Labute approximate surface area is 90.2 Å². The SMILES string of the molecule is O=C(O)c1n[nH]nc1C(=O)N1CCOCC1. The molecular weight excluding hydrogens is 216 g/mol. The Kier molecular flexibility index (Phi) is 2.82. The van der Waals surface area contributed by atoms with E-state index in [4.69, 9.17) is 9.84 Å². The number of aromatic amines is 1. The minimum atomic E-state index is -1.27. The van der Waals surface area contributed by atoms with Gasteiger partial charge in [-0.3, -0.25) is 4.79 Å². The monoisotopic (exact) mass is 226 g/mol. The van der Waals surface area contributed by atoms with E-state index in [1.165, 1.54) is 4.90 Å². The number of ether oxygens (including phenoxy) is 1.